The Morgan fingerprint density at radius 3 is 2.53 bits per heavy atom. The molecule has 0 unspecified atom stereocenters. The van der Waals surface area contributed by atoms with Crippen molar-refractivity contribution < 1.29 is 9.32 Å². The Bertz CT molecular complexity index is 857. The predicted octanol–water partition coefficient (Wildman–Crippen LogP) is 3.37. The molecule has 1 saturated heterocycles. The zero-order valence-electron chi connectivity index (χ0n) is 18.1. The molecule has 1 aliphatic rings. The predicted molar refractivity (Wildman–Crippen MR) is 128 cm³/mol. The number of aliphatic imine (C=N–C) groups is 1. The molecule has 0 aliphatic carbocycles. The molecule has 3 rings (SSSR count). The van der Waals surface area contributed by atoms with E-state index in [-0.39, 0.29) is 35.3 Å². The summed E-state index contributed by atoms with van der Waals surface area (Å²) in [6.07, 6.45) is 1.57. The number of hydrogen-bond donors (Lipinski definition) is 2. The lowest BCUT2D eigenvalue weighted by Gasteiger charge is -2.15. The largest absolute Gasteiger partial charge is 0.357 e. The third-order valence-corrected chi connectivity index (χ3v) is 4.61. The zero-order chi connectivity index (χ0) is 20.9. The fraction of sp³-hybridized carbons (Fsp3) is 0.524. The van der Waals surface area contributed by atoms with Crippen molar-refractivity contribution in [2.75, 3.05) is 18.0 Å². The molecular weight excluding hydrogens is 495 g/mol. The smallest absolute Gasteiger partial charge is 0.232 e. The molecule has 1 aromatic carbocycles. The van der Waals surface area contributed by atoms with Crippen molar-refractivity contribution in [2.24, 2.45) is 4.99 Å². The number of halogens is 1. The molecule has 1 aliphatic heterocycles. The number of aromatic nitrogens is 2. The molecule has 9 heteroatoms. The minimum Gasteiger partial charge on any atom is -0.357 e. The number of carbonyl (C=O) groups is 1. The summed E-state index contributed by atoms with van der Waals surface area (Å²) in [6.45, 7) is 10.6. The Kier molecular flexibility index (Phi) is 8.63. The second kappa shape index (κ2) is 10.7. The number of rotatable bonds is 6. The fourth-order valence-electron chi connectivity index (χ4n) is 3.01. The third-order valence-electron chi connectivity index (χ3n) is 4.61. The molecular formula is C21H31IN6O2. The summed E-state index contributed by atoms with van der Waals surface area (Å²) in [7, 11) is 0. The van der Waals surface area contributed by atoms with Gasteiger partial charge in [-0.25, -0.2) is 4.99 Å². The zero-order valence-corrected chi connectivity index (χ0v) is 20.4. The third kappa shape index (κ3) is 6.41. The molecule has 30 heavy (non-hydrogen) atoms. The molecule has 1 amide bonds. The number of carbonyl (C=O) groups excluding carboxylic acids is 1. The lowest BCUT2D eigenvalue weighted by Crippen LogP contribution is -2.37. The summed E-state index contributed by atoms with van der Waals surface area (Å²) in [5.74, 6) is 2.10. The van der Waals surface area contributed by atoms with E-state index >= 15 is 0 Å². The number of anilines is 1. The summed E-state index contributed by atoms with van der Waals surface area (Å²) in [6, 6.07) is 8.01. The van der Waals surface area contributed by atoms with Gasteiger partial charge in [0.15, 0.2) is 11.8 Å². The van der Waals surface area contributed by atoms with Gasteiger partial charge in [0.2, 0.25) is 11.8 Å². The van der Waals surface area contributed by atoms with Crippen LogP contribution < -0.4 is 15.5 Å². The van der Waals surface area contributed by atoms with E-state index in [1.54, 1.807) is 0 Å². The van der Waals surface area contributed by atoms with Gasteiger partial charge in [0.25, 0.3) is 0 Å². The Morgan fingerprint density at radius 1 is 1.23 bits per heavy atom. The van der Waals surface area contributed by atoms with E-state index in [9.17, 15) is 4.79 Å². The Balaban J connectivity index is 0.00000320. The van der Waals surface area contributed by atoms with Crippen LogP contribution >= 0.6 is 24.0 Å². The first-order valence-corrected chi connectivity index (χ1v) is 10.1. The van der Waals surface area contributed by atoms with Crippen LogP contribution in [0, 0.1) is 0 Å². The topological polar surface area (TPSA) is 95.7 Å². The van der Waals surface area contributed by atoms with Gasteiger partial charge in [-0.3, -0.25) is 4.79 Å². The van der Waals surface area contributed by atoms with Crippen molar-refractivity contribution in [3.63, 3.8) is 0 Å². The number of nitrogens with one attached hydrogen (secondary N) is 2. The number of amides is 1. The van der Waals surface area contributed by atoms with Crippen LogP contribution in [-0.4, -0.2) is 35.1 Å². The number of benzene rings is 1. The number of guanidine groups is 1. The van der Waals surface area contributed by atoms with Gasteiger partial charge in [0.1, 0.15) is 0 Å². The first-order chi connectivity index (χ1) is 13.9. The summed E-state index contributed by atoms with van der Waals surface area (Å²) in [5.41, 5.74) is 1.86. The van der Waals surface area contributed by atoms with E-state index in [1.807, 2.05) is 56.9 Å². The summed E-state index contributed by atoms with van der Waals surface area (Å²) >= 11 is 0. The fourth-order valence-corrected chi connectivity index (χ4v) is 3.01. The van der Waals surface area contributed by atoms with Crippen LogP contribution in [0.1, 0.15) is 57.8 Å². The van der Waals surface area contributed by atoms with E-state index < -0.39 is 0 Å². The molecule has 0 spiro atoms. The average Bonchev–Trinajstić information content (AvgIpc) is 3.33. The highest BCUT2D eigenvalue weighted by Gasteiger charge is 2.22. The van der Waals surface area contributed by atoms with Crippen LogP contribution in [0.5, 0.6) is 0 Å². The van der Waals surface area contributed by atoms with Crippen LogP contribution in [0.4, 0.5) is 5.69 Å². The highest BCUT2D eigenvalue weighted by Crippen LogP contribution is 2.22. The Labute approximate surface area is 194 Å². The molecule has 0 bridgehead atoms. The maximum absolute atomic E-state index is 11.9. The van der Waals surface area contributed by atoms with Crippen molar-refractivity contribution >= 4 is 41.5 Å². The standard InChI is InChI=1S/C21H30N6O2.HI/c1-5-22-20(24-14-17-25-19(29-26-17)21(2,3)4)23-13-15-8-10-16(11-9-15)27-12-6-7-18(27)28;/h8-11H,5-7,12-14H2,1-4H3,(H2,22,23,24);1H. The van der Waals surface area contributed by atoms with Crippen molar-refractivity contribution in [1.82, 2.24) is 20.8 Å². The van der Waals surface area contributed by atoms with Crippen LogP contribution in [0.3, 0.4) is 0 Å². The van der Waals surface area contributed by atoms with Crippen molar-refractivity contribution in [1.29, 1.82) is 0 Å². The molecule has 164 valence electrons. The van der Waals surface area contributed by atoms with Crippen molar-refractivity contribution in [3.05, 3.63) is 41.5 Å². The molecule has 0 atom stereocenters. The van der Waals surface area contributed by atoms with Crippen LogP contribution in [-0.2, 0) is 23.3 Å². The first-order valence-electron chi connectivity index (χ1n) is 10.1. The van der Waals surface area contributed by atoms with Crippen LogP contribution in [0.2, 0.25) is 0 Å². The van der Waals surface area contributed by atoms with Gasteiger partial charge >= 0.3 is 0 Å². The molecule has 2 aromatic rings. The van der Waals surface area contributed by atoms with Gasteiger partial charge < -0.3 is 20.1 Å². The molecule has 2 heterocycles. The highest BCUT2D eigenvalue weighted by molar-refractivity contribution is 14.0. The SMILES string of the molecule is CCNC(=NCc1ccc(N2CCCC2=O)cc1)NCc1noc(C(C)(C)C)n1.I. The molecule has 2 N–H and O–H groups in total. The second-order valence-electron chi connectivity index (χ2n) is 8.13. The van der Waals surface area contributed by atoms with Crippen molar-refractivity contribution in [2.45, 2.75) is 59.0 Å². The van der Waals surface area contributed by atoms with Crippen LogP contribution in [0.15, 0.2) is 33.8 Å². The average molecular weight is 526 g/mol. The normalized spacial score (nSPS) is 14.6. The molecule has 1 fully saturated rings. The maximum Gasteiger partial charge on any atom is 0.232 e. The van der Waals surface area contributed by atoms with E-state index in [0.29, 0.717) is 37.2 Å². The van der Waals surface area contributed by atoms with Gasteiger partial charge in [-0.1, -0.05) is 38.1 Å². The number of hydrogen-bond acceptors (Lipinski definition) is 5. The summed E-state index contributed by atoms with van der Waals surface area (Å²) < 4.78 is 5.32. The summed E-state index contributed by atoms with van der Waals surface area (Å²) in [4.78, 5) is 22.8. The molecule has 8 nitrogen and oxygen atoms in total. The van der Waals surface area contributed by atoms with Crippen LogP contribution in [0.25, 0.3) is 0 Å². The Hall–Kier alpha value is -2.17. The van der Waals surface area contributed by atoms with Crippen molar-refractivity contribution in [3.8, 4) is 0 Å². The maximum atomic E-state index is 11.9. The van der Waals surface area contributed by atoms with Gasteiger partial charge in [-0.15, -0.1) is 24.0 Å². The molecule has 0 saturated carbocycles. The van der Waals surface area contributed by atoms with E-state index in [4.69, 9.17) is 4.52 Å². The van der Waals surface area contributed by atoms with Gasteiger partial charge in [-0.05, 0) is 31.0 Å². The summed E-state index contributed by atoms with van der Waals surface area (Å²) in [5, 5.41) is 10.5. The lowest BCUT2D eigenvalue weighted by atomic mass is 9.97. The Morgan fingerprint density at radius 2 is 1.97 bits per heavy atom. The van der Waals surface area contributed by atoms with Gasteiger partial charge in [-0.2, -0.15) is 4.98 Å². The number of nitrogens with zero attached hydrogens (tertiary/aromatic N) is 4. The minimum atomic E-state index is -0.171. The lowest BCUT2D eigenvalue weighted by molar-refractivity contribution is -0.117. The molecule has 1 aromatic heterocycles. The molecule has 0 radical (unpaired) electrons. The van der Waals surface area contributed by atoms with E-state index in [0.717, 1.165) is 30.8 Å². The minimum absolute atomic E-state index is 0. The van der Waals surface area contributed by atoms with Gasteiger partial charge in [0, 0.05) is 30.6 Å². The van der Waals surface area contributed by atoms with E-state index in [2.05, 4.69) is 25.8 Å². The second-order valence-corrected chi connectivity index (χ2v) is 8.13. The van der Waals surface area contributed by atoms with E-state index in [1.165, 1.54) is 0 Å². The van der Waals surface area contributed by atoms with Gasteiger partial charge in [0.05, 0.1) is 13.1 Å². The highest BCUT2D eigenvalue weighted by atomic mass is 127. The quantitative estimate of drug-likeness (QED) is 0.341. The first kappa shape index (κ1) is 24.1. The monoisotopic (exact) mass is 526 g/mol.